The average Bonchev–Trinajstić information content (AvgIpc) is 1.67. The normalized spacial score (nSPS) is 7.11. The Labute approximate surface area is 59.6 Å². The highest BCUT2D eigenvalue weighted by atomic mass is 28.3. The molecule has 0 unspecified atom stereocenters. The Balaban J connectivity index is 0. The number of carboxylic acid groups (broad SMARTS) is 1. The Bertz CT molecular complexity index is 83.9. The highest BCUT2D eigenvalue weighted by Gasteiger charge is 1.84. The molecule has 0 atom stereocenters. The zero-order valence-electron chi connectivity index (χ0n) is 5.46. The Morgan fingerprint density at radius 2 is 2.00 bits per heavy atom. The number of ether oxygens (including phenoxy) is 1. The summed E-state index contributed by atoms with van der Waals surface area (Å²) in [5, 5.41) is 7.62. The average molecular weight is 166 g/mol. The standard InChI is InChI=1S/C3H4O3.H6OSi2/c1-2-6-3(4)5;2-1-3/h2H,1H2,(H,4,5);2-3H3. The molecule has 54 valence electrons. The molecule has 0 aromatic rings. The van der Waals surface area contributed by atoms with Gasteiger partial charge in [0.05, 0.1) is 6.26 Å². The fraction of sp³-hybridized carbons (Fsp3) is 0. The summed E-state index contributed by atoms with van der Waals surface area (Å²) in [7, 11) is 1.86. The van der Waals surface area contributed by atoms with Crippen LogP contribution in [-0.4, -0.2) is 32.2 Å². The van der Waals surface area contributed by atoms with E-state index in [0.29, 0.717) is 0 Å². The third-order valence-corrected chi connectivity index (χ3v) is 0.184. The lowest BCUT2D eigenvalue weighted by atomic mass is 11.1. The third-order valence-electron chi connectivity index (χ3n) is 0.184. The lowest BCUT2D eigenvalue weighted by molar-refractivity contribution is 0.128. The van der Waals surface area contributed by atoms with Crippen LogP contribution in [0.3, 0.4) is 0 Å². The molecule has 0 amide bonds. The van der Waals surface area contributed by atoms with Gasteiger partial charge in [0.2, 0.25) is 0 Å². The van der Waals surface area contributed by atoms with E-state index in [-0.39, 0.29) is 0 Å². The summed E-state index contributed by atoms with van der Waals surface area (Å²) in [6.07, 6.45) is -0.479. The number of hydrogen-bond donors (Lipinski definition) is 1. The smallest absolute Gasteiger partial charge is 0.471 e. The molecule has 6 heteroatoms. The first kappa shape index (κ1) is 11.2. The molecular formula is C3H10O4Si2. The van der Waals surface area contributed by atoms with Gasteiger partial charge in [-0.25, -0.2) is 4.79 Å². The van der Waals surface area contributed by atoms with Crippen LogP contribution in [0.4, 0.5) is 4.79 Å². The van der Waals surface area contributed by atoms with Gasteiger partial charge in [-0.2, -0.15) is 0 Å². The fourth-order valence-corrected chi connectivity index (χ4v) is 0.0713. The van der Waals surface area contributed by atoms with Crippen LogP contribution in [-0.2, 0) is 8.85 Å². The topological polar surface area (TPSA) is 55.8 Å². The van der Waals surface area contributed by atoms with Gasteiger partial charge in [-0.3, -0.25) is 0 Å². The van der Waals surface area contributed by atoms with Crippen molar-refractivity contribution in [3.8, 4) is 0 Å². The zero-order valence-corrected chi connectivity index (χ0v) is 9.46. The summed E-state index contributed by atoms with van der Waals surface area (Å²) >= 11 is 0. The minimum absolute atomic E-state index is 0.850. The monoisotopic (exact) mass is 166 g/mol. The van der Waals surface area contributed by atoms with Crippen molar-refractivity contribution >= 4 is 27.1 Å². The van der Waals surface area contributed by atoms with E-state index in [9.17, 15) is 4.79 Å². The first-order chi connectivity index (χ1) is 4.18. The van der Waals surface area contributed by atoms with Crippen LogP contribution in [0.25, 0.3) is 0 Å². The van der Waals surface area contributed by atoms with Gasteiger partial charge < -0.3 is 14.0 Å². The maximum absolute atomic E-state index is 9.31. The van der Waals surface area contributed by atoms with E-state index in [1.54, 1.807) is 0 Å². The van der Waals surface area contributed by atoms with Crippen molar-refractivity contribution in [2.75, 3.05) is 0 Å². The summed E-state index contributed by atoms with van der Waals surface area (Å²) < 4.78 is 8.25. The van der Waals surface area contributed by atoms with Crippen molar-refractivity contribution in [1.82, 2.24) is 0 Å². The second-order valence-electron chi connectivity index (χ2n) is 0.959. The van der Waals surface area contributed by atoms with Crippen LogP contribution in [0.1, 0.15) is 0 Å². The van der Waals surface area contributed by atoms with Crippen molar-refractivity contribution in [2.45, 2.75) is 0 Å². The van der Waals surface area contributed by atoms with Crippen LogP contribution >= 0.6 is 0 Å². The lowest BCUT2D eigenvalue weighted by Crippen LogP contribution is -1.89. The zero-order chi connectivity index (χ0) is 7.70. The molecule has 0 saturated heterocycles. The van der Waals surface area contributed by atoms with Gasteiger partial charge in [0.1, 0.15) is 21.0 Å². The Morgan fingerprint density at radius 3 is 2.00 bits per heavy atom. The summed E-state index contributed by atoms with van der Waals surface area (Å²) in [4.78, 5) is 9.31. The van der Waals surface area contributed by atoms with Gasteiger partial charge in [0, 0.05) is 0 Å². The van der Waals surface area contributed by atoms with Crippen LogP contribution in [0.15, 0.2) is 12.8 Å². The van der Waals surface area contributed by atoms with Gasteiger partial charge in [0.15, 0.2) is 0 Å². The second kappa shape index (κ2) is 10.4. The maximum atomic E-state index is 9.31. The molecule has 0 aliphatic rings. The van der Waals surface area contributed by atoms with Crippen LogP contribution < -0.4 is 0 Å². The predicted molar refractivity (Wildman–Crippen MR) is 40.3 cm³/mol. The van der Waals surface area contributed by atoms with E-state index in [1.807, 2.05) is 0 Å². The van der Waals surface area contributed by atoms with Gasteiger partial charge in [0.25, 0.3) is 0 Å². The molecule has 9 heavy (non-hydrogen) atoms. The van der Waals surface area contributed by atoms with Crippen LogP contribution in [0, 0.1) is 0 Å². The third kappa shape index (κ3) is 37.4. The lowest BCUT2D eigenvalue weighted by Gasteiger charge is -1.81. The molecule has 0 aromatic heterocycles. The van der Waals surface area contributed by atoms with Crippen LogP contribution in [0.2, 0.25) is 0 Å². The summed E-state index contributed by atoms with van der Waals surface area (Å²) in [5.41, 5.74) is 0. The minimum atomic E-state index is -1.33. The van der Waals surface area contributed by atoms with E-state index in [4.69, 9.17) is 5.11 Å². The molecule has 4 nitrogen and oxygen atoms in total. The summed E-state index contributed by atoms with van der Waals surface area (Å²) in [6, 6.07) is 0. The number of rotatable bonds is 1. The van der Waals surface area contributed by atoms with E-state index in [1.165, 1.54) is 0 Å². The molecule has 0 radical (unpaired) electrons. The molecule has 0 rings (SSSR count). The molecule has 0 aromatic carbocycles. The van der Waals surface area contributed by atoms with E-state index in [2.05, 4.69) is 15.4 Å². The fourth-order valence-electron chi connectivity index (χ4n) is 0.0713. The predicted octanol–water partition coefficient (Wildman–Crippen LogP) is -1.61. The molecule has 0 aliphatic carbocycles. The Kier molecular flexibility index (Phi) is 13.0. The quantitative estimate of drug-likeness (QED) is 0.289. The highest BCUT2D eigenvalue weighted by Crippen LogP contribution is 1.70. The van der Waals surface area contributed by atoms with Crippen molar-refractivity contribution in [1.29, 1.82) is 0 Å². The SMILES string of the molecule is C=COC(=O)O.[SiH3]O[SiH3]. The number of carbonyl (C=O) groups is 1. The van der Waals surface area contributed by atoms with Crippen LogP contribution in [0.5, 0.6) is 0 Å². The van der Waals surface area contributed by atoms with Crippen molar-refractivity contribution in [2.24, 2.45) is 0 Å². The van der Waals surface area contributed by atoms with Crippen molar-refractivity contribution in [3.05, 3.63) is 12.8 Å². The Morgan fingerprint density at radius 1 is 1.67 bits per heavy atom. The maximum Gasteiger partial charge on any atom is 0.510 e. The first-order valence-electron chi connectivity index (χ1n) is 2.09. The molecule has 0 aliphatic heterocycles. The molecular weight excluding hydrogens is 156 g/mol. The summed E-state index contributed by atoms with van der Waals surface area (Å²) in [5.74, 6) is 0. The molecule has 0 saturated carbocycles. The van der Waals surface area contributed by atoms with E-state index in [0.717, 1.165) is 27.2 Å². The molecule has 0 fully saturated rings. The van der Waals surface area contributed by atoms with Gasteiger partial charge in [-0.05, 0) is 0 Å². The molecule has 0 heterocycles. The van der Waals surface area contributed by atoms with Crippen molar-refractivity contribution < 1.29 is 18.8 Å². The highest BCUT2D eigenvalue weighted by molar-refractivity contribution is 6.15. The molecule has 0 bridgehead atoms. The van der Waals surface area contributed by atoms with Gasteiger partial charge in [-0.15, -0.1) is 0 Å². The molecule has 1 N–H and O–H groups in total. The Hall–Kier alpha value is -0.596. The van der Waals surface area contributed by atoms with Gasteiger partial charge >= 0.3 is 6.16 Å². The number of hydrogen-bond acceptors (Lipinski definition) is 3. The molecule has 0 spiro atoms. The first-order valence-corrected chi connectivity index (χ1v) is 3.73. The summed E-state index contributed by atoms with van der Waals surface area (Å²) in [6.45, 7) is 3.00. The van der Waals surface area contributed by atoms with E-state index < -0.39 is 6.16 Å². The largest absolute Gasteiger partial charge is 0.510 e. The van der Waals surface area contributed by atoms with Gasteiger partial charge in [-0.1, -0.05) is 6.58 Å². The minimum Gasteiger partial charge on any atom is -0.471 e. The second-order valence-corrected chi connectivity index (χ2v) is 4.22. The van der Waals surface area contributed by atoms with E-state index >= 15 is 0 Å². The van der Waals surface area contributed by atoms with Crippen molar-refractivity contribution in [3.63, 3.8) is 0 Å².